The zero-order valence-electron chi connectivity index (χ0n) is 16.7. The number of nitrogens with one attached hydrogen (secondary N) is 1. The summed E-state index contributed by atoms with van der Waals surface area (Å²) in [7, 11) is 1.47. The predicted molar refractivity (Wildman–Crippen MR) is 123 cm³/mol. The number of hydrogen-bond donors (Lipinski definition) is 1. The first kappa shape index (κ1) is 22.5. The zero-order chi connectivity index (χ0) is 22.4. The first-order valence-corrected chi connectivity index (χ1v) is 10.3. The van der Waals surface area contributed by atoms with Crippen LogP contribution in [0.5, 0.6) is 11.5 Å². The number of carbonyl (C=O) groups is 2. The number of amides is 1. The van der Waals surface area contributed by atoms with Crippen molar-refractivity contribution in [3.63, 3.8) is 0 Å². The smallest absolute Gasteiger partial charge is 0.343 e. The Hall–Kier alpha value is -3.16. The summed E-state index contributed by atoms with van der Waals surface area (Å²) in [6, 6.07) is 16.8. The lowest BCUT2D eigenvalue weighted by Crippen LogP contribution is -2.17. The summed E-state index contributed by atoms with van der Waals surface area (Å²) in [5.41, 5.74) is 4.96. The standard InChI is InChI=1S/C23H18BrClN2O4/c1-14-3-5-17(6-4-14)23(29)31-21-19(24)11-15(12-20(21)30-2)13-26-27-22(28)16-7-9-18(25)10-8-16/h3-13H,1-2H3,(H,27,28)/b26-13-. The molecule has 3 aromatic carbocycles. The number of methoxy groups -OCH3 is 1. The predicted octanol–water partition coefficient (Wildman–Crippen LogP) is 5.40. The van der Waals surface area contributed by atoms with Gasteiger partial charge in [0.05, 0.1) is 23.4 Å². The number of halogens is 2. The van der Waals surface area contributed by atoms with Crippen molar-refractivity contribution in [2.24, 2.45) is 5.10 Å². The molecule has 0 atom stereocenters. The lowest BCUT2D eigenvalue weighted by molar-refractivity contribution is 0.0728. The molecule has 1 N–H and O–H groups in total. The number of ether oxygens (including phenoxy) is 2. The van der Waals surface area contributed by atoms with E-state index >= 15 is 0 Å². The lowest BCUT2D eigenvalue weighted by Gasteiger charge is -2.12. The molecule has 0 saturated heterocycles. The number of esters is 1. The summed E-state index contributed by atoms with van der Waals surface area (Å²) < 4.78 is 11.4. The van der Waals surface area contributed by atoms with Crippen molar-refractivity contribution in [2.75, 3.05) is 7.11 Å². The minimum Gasteiger partial charge on any atom is -0.493 e. The Balaban J connectivity index is 1.73. The van der Waals surface area contributed by atoms with E-state index in [1.807, 2.05) is 19.1 Å². The number of aryl methyl sites for hydroxylation is 1. The summed E-state index contributed by atoms with van der Waals surface area (Å²) in [6.07, 6.45) is 1.45. The third-order valence-electron chi connectivity index (χ3n) is 4.22. The fraction of sp³-hybridized carbons (Fsp3) is 0.0870. The Bertz CT molecular complexity index is 1130. The highest BCUT2D eigenvalue weighted by molar-refractivity contribution is 9.10. The highest BCUT2D eigenvalue weighted by Crippen LogP contribution is 2.36. The number of nitrogens with zero attached hydrogens (tertiary/aromatic N) is 1. The molecule has 8 heteroatoms. The fourth-order valence-electron chi connectivity index (χ4n) is 2.59. The van der Waals surface area contributed by atoms with Crippen LogP contribution >= 0.6 is 27.5 Å². The molecule has 0 radical (unpaired) electrons. The van der Waals surface area contributed by atoms with Gasteiger partial charge in [0, 0.05) is 10.6 Å². The van der Waals surface area contributed by atoms with Crippen molar-refractivity contribution < 1.29 is 19.1 Å². The van der Waals surface area contributed by atoms with E-state index in [1.54, 1.807) is 48.5 Å². The first-order valence-electron chi connectivity index (χ1n) is 9.12. The number of carbonyl (C=O) groups excluding carboxylic acids is 2. The minimum absolute atomic E-state index is 0.246. The van der Waals surface area contributed by atoms with Crippen LogP contribution in [-0.4, -0.2) is 25.2 Å². The van der Waals surface area contributed by atoms with Crippen molar-refractivity contribution in [1.82, 2.24) is 5.43 Å². The molecule has 0 aliphatic carbocycles. The monoisotopic (exact) mass is 500 g/mol. The lowest BCUT2D eigenvalue weighted by atomic mass is 10.1. The van der Waals surface area contributed by atoms with E-state index in [-0.39, 0.29) is 11.7 Å². The van der Waals surface area contributed by atoms with Gasteiger partial charge in [-0.3, -0.25) is 4.79 Å². The number of rotatable bonds is 6. The molecule has 0 fully saturated rings. The molecule has 0 bridgehead atoms. The molecule has 158 valence electrons. The molecule has 0 aliphatic rings. The summed E-state index contributed by atoms with van der Waals surface area (Å²) >= 11 is 9.22. The van der Waals surface area contributed by atoms with Crippen LogP contribution in [0.4, 0.5) is 0 Å². The van der Waals surface area contributed by atoms with Crippen LogP contribution in [0.25, 0.3) is 0 Å². The molecule has 6 nitrogen and oxygen atoms in total. The summed E-state index contributed by atoms with van der Waals surface area (Å²) in [4.78, 5) is 24.6. The highest BCUT2D eigenvalue weighted by atomic mass is 79.9. The van der Waals surface area contributed by atoms with Gasteiger partial charge in [-0.05, 0) is 76.9 Å². The Morgan fingerprint density at radius 3 is 2.32 bits per heavy atom. The molecular weight excluding hydrogens is 484 g/mol. The molecule has 0 heterocycles. The van der Waals surface area contributed by atoms with E-state index in [2.05, 4.69) is 26.5 Å². The molecule has 31 heavy (non-hydrogen) atoms. The van der Waals surface area contributed by atoms with Crippen molar-refractivity contribution >= 4 is 45.6 Å². The average molecular weight is 502 g/mol. The third-order valence-corrected chi connectivity index (χ3v) is 5.06. The van der Waals surface area contributed by atoms with Gasteiger partial charge in [0.1, 0.15) is 0 Å². The topological polar surface area (TPSA) is 77.0 Å². The molecule has 1 amide bonds. The molecular formula is C23H18BrClN2O4. The van der Waals surface area contributed by atoms with Crippen molar-refractivity contribution in [2.45, 2.75) is 6.92 Å². The average Bonchev–Trinajstić information content (AvgIpc) is 2.76. The van der Waals surface area contributed by atoms with Gasteiger partial charge in [0.25, 0.3) is 5.91 Å². The Morgan fingerprint density at radius 2 is 1.68 bits per heavy atom. The maximum absolute atomic E-state index is 12.5. The van der Waals surface area contributed by atoms with E-state index in [9.17, 15) is 9.59 Å². The maximum atomic E-state index is 12.5. The van der Waals surface area contributed by atoms with E-state index in [0.717, 1.165) is 5.56 Å². The van der Waals surface area contributed by atoms with E-state index in [1.165, 1.54) is 13.3 Å². The number of benzene rings is 3. The van der Waals surface area contributed by atoms with E-state index < -0.39 is 5.97 Å². The van der Waals surface area contributed by atoms with Gasteiger partial charge in [-0.15, -0.1) is 0 Å². The third kappa shape index (κ3) is 5.93. The molecule has 0 spiro atoms. The van der Waals surface area contributed by atoms with Crippen molar-refractivity contribution in [3.05, 3.63) is 92.4 Å². The summed E-state index contributed by atoms with van der Waals surface area (Å²) in [5, 5.41) is 4.50. The normalized spacial score (nSPS) is 10.7. The second kappa shape index (κ2) is 10.2. The quantitative estimate of drug-likeness (QED) is 0.212. The van der Waals surface area contributed by atoms with Crippen LogP contribution in [0.3, 0.4) is 0 Å². The molecule has 3 rings (SSSR count). The van der Waals surface area contributed by atoms with Crippen molar-refractivity contribution in [1.29, 1.82) is 0 Å². The first-order chi connectivity index (χ1) is 14.9. The molecule has 3 aromatic rings. The van der Waals surface area contributed by atoms with Crippen molar-refractivity contribution in [3.8, 4) is 11.5 Å². The van der Waals surface area contributed by atoms with Gasteiger partial charge in [-0.25, -0.2) is 10.2 Å². The number of hydrogen-bond acceptors (Lipinski definition) is 5. The van der Waals surface area contributed by atoms with Gasteiger partial charge < -0.3 is 9.47 Å². The second-order valence-electron chi connectivity index (χ2n) is 6.50. The molecule has 0 aromatic heterocycles. The summed E-state index contributed by atoms with van der Waals surface area (Å²) in [6.45, 7) is 1.94. The number of hydrazone groups is 1. The zero-order valence-corrected chi connectivity index (χ0v) is 19.0. The fourth-order valence-corrected chi connectivity index (χ4v) is 3.25. The highest BCUT2D eigenvalue weighted by Gasteiger charge is 2.16. The van der Waals surface area contributed by atoms with Crippen LogP contribution in [0, 0.1) is 6.92 Å². The maximum Gasteiger partial charge on any atom is 0.343 e. The van der Waals surface area contributed by atoms with Crippen LogP contribution in [0.15, 0.2) is 70.2 Å². The minimum atomic E-state index is -0.504. The van der Waals surface area contributed by atoms with Gasteiger partial charge in [0.15, 0.2) is 11.5 Å². The Kier molecular flexibility index (Phi) is 7.44. The van der Waals surface area contributed by atoms with E-state index in [0.29, 0.717) is 31.9 Å². The largest absolute Gasteiger partial charge is 0.493 e. The molecule has 0 unspecified atom stereocenters. The van der Waals surface area contributed by atoms with Gasteiger partial charge >= 0.3 is 5.97 Å². The SMILES string of the molecule is COc1cc(/C=N\NC(=O)c2ccc(Cl)cc2)cc(Br)c1OC(=O)c1ccc(C)cc1. The summed E-state index contributed by atoms with van der Waals surface area (Å²) in [5.74, 6) is -0.297. The van der Waals surface area contributed by atoms with Crippen LogP contribution in [0.1, 0.15) is 31.8 Å². The van der Waals surface area contributed by atoms with Crippen LogP contribution < -0.4 is 14.9 Å². The van der Waals surface area contributed by atoms with Crippen LogP contribution in [0.2, 0.25) is 5.02 Å². The Morgan fingerprint density at radius 1 is 1.03 bits per heavy atom. The Labute approximate surface area is 193 Å². The van der Waals surface area contributed by atoms with Gasteiger partial charge in [-0.2, -0.15) is 5.10 Å². The van der Waals surface area contributed by atoms with Gasteiger partial charge in [-0.1, -0.05) is 29.3 Å². The second-order valence-corrected chi connectivity index (χ2v) is 7.79. The van der Waals surface area contributed by atoms with Gasteiger partial charge in [0.2, 0.25) is 0 Å². The van der Waals surface area contributed by atoms with Crippen LogP contribution in [-0.2, 0) is 0 Å². The van der Waals surface area contributed by atoms with E-state index in [4.69, 9.17) is 21.1 Å². The molecule has 0 aliphatic heterocycles. The molecule has 0 saturated carbocycles.